The molecule has 4 unspecified atom stereocenters. The molecule has 0 heterocycles. The Balaban J connectivity index is 2.00. The quantitative estimate of drug-likeness (QED) is 0.533. The van der Waals surface area contributed by atoms with Gasteiger partial charge in [0.05, 0.1) is 0 Å². The maximum atomic E-state index is 2.42. The van der Waals surface area contributed by atoms with Crippen molar-refractivity contribution in [1.29, 1.82) is 0 Å². The molecule has 0 amide bonds. The van der Waals surface area contributed by atoms with Crippen LogP contribution in [0.2, 0.25) is 0 Å². The first-order chi connectivity index (χ1) is 4.70. The van der Waals surface area contributed by atoms with E-state index in [-0.39, 0.29) is 0 Å². The van der Waals surface area contributed by atoms with Gasteiger partial charge in [-0.15, -0.1) is 0 Å². The second-order valence-corrected chi connectivity index (χ2v) is 4.29. The van der Waals surface area contributed by atoms with Crippen molar-refractivity contribution >= 4 is 0 Å². The Morgan fingerprint density at radius 2 is 1.90 bits per heavy atom. The molecule has 0 aromatic carbocycles. The van der Waals surface area contributed by atoms with Gasteiger partial charge >= 0.3 is 0 Å². The van der Waals surface area contributed by atoms with Crippen LogP contribution in [0.15, 0.2) is 0 Å². The lowest BCUT2D eigenvalue weighted by Crippen LogP contribution is -2.31. The summed E-state index contributed by atoms with van der Waals surface area (Å²) in [4.78, 5) is 2.40. The van der Waals surface area contributed by atoms with Gasteiger partial charge in [0.1, 0.15) is 0 Å². The van der Waals surface area contributed by atoms with Gasteiger partial charge in [0, 0.05) is 6.04 Å². The molecule has 2 fully saturated rings. The van der Waals surface area contributed by atoms with Crippen molar-refractivity contribution in [3.8, 4) is 0 Å². The smallest absolute Gasteiger partial charge is 0.0120 e. The van der Waals surface area contributed by atoms with Gasteiger partial charge in [-0.2, -0.15) is 0 Å². The summed E-state index contributed by atoms with van der Waals surface area (Å²) in [5.41, 5.74) is 0. The molecule has 2 rings (SSSR count). The summed E-state index contributed by atoms with van der Waals surface area (Å²) in [5, 5.41) is 0. The molecule has 0 bridgehead atoms. The van der Waals surface area contributed by atoms with Crippen molar-refractivity contribution in [2.24, 2.45) is 17.8 Å². The summed E-state index contributed by atoms with van der Waals surface area (Å²) < 4.78 is 0. The lowest BCUT2D eigenvalue weighted by molar-refractivity contribution is 0.224. The summed E-state index contributed by atoms with van der Waals surface area (Å²) in [5.74, 6) is 3.19. The third-order valence-corrected chi connectivity index (χ3v) is 3.47. The van der Waals surface area contributed by atoms with Gasteiger partial charge in [0.15, 0.2) is 0 Å². The average molecular weight is 139 g/mol. The highest BCUT2D eigenvalue weighted by atomic mass is 15.1. The fourth-order valence-corrected chi connectivity index (χ4v) is 2.68. The molecule has 0 radical (unpaired) electrons. The van der Waals surface area contributed by atoms with E-state index in [2.05, 4.69) is 25.9 Å². The van der Waals surface area contributed by atoms with Crippen LogP contribution >= 0.6 is 0 Å². The number of hydrogen-bond donors (Lipinski definition) is 0. The maximum absolute atomic E-state index is 2.42. The largest absolute Gasteiger partial charge is 0.306 e. The molecule has 58 valence electrons. The van der Waals surface area contributed by atoms with Crippen LogP contribution in [0.3, 0.4) is 0 Å². The van der Waals surface area contributed by atoms with Crippen molar-refractivity contribution in [3.63, 3.8) is 0 Å². The van der Waals surface area contributed by atoms with Crippen molar-refractivity contribution in [1.82, 2.24) is 4.90 Å². The SMILES string of the molecule is CC1C2CC2CC1N(C)C. The van der Waals surface area contributed by atoms with Gasteiger partial charge in [0.2, 0.25) is 0 Å². The van der Waals surface area contributed by atoms with Crippen LogP contribution in [0.1, 0.15) is 19.8 Å². The molecule has 1 nitrogen and oxygen atoms in total. The van der Waals surface area contributed by atoms with Crippen LogP contribution in [0.4, 0.5) is 0 Å². The lowest BCUT2D eigenvalue weighted by atomic mass is 10.00. The molecular formula is C9H17N. The Bertz CT molecular complexity index is 142. The van der Waals surface area contributed by atoms with Gasteiger partial charge in [-0.05, 0) is 44.7 Å². The van der Waals surface area contributed by atoms with E-state index in [0.717, 1.165) is 23.8 Å². The Labute approximate surface area is 63.4 Å². The monoisotopic (exact) mass is 139 g/mol. The van der Waals surface area contributed by atoms with Crippen LogP contribution in [0, 0.1) is 17.8 Å². The summed E-state index contributed by atoms with van der Waals surface area (Å²) in [6.07, 6.45) is 3.00. The standard InChI is InChI=1S/C9H17N/c1-6-8-4-7(8)5-9(6)10(2)3/h6-9H,4-5H2,1-3H3. The van der Waals surface area contributed by atoms with Crippen molar-refractivity contribution < 1.29 is 0 Å². The van der Waals surface area contributed by atoms with Crippen molar-refractivity contribution in [2.75, 3.05) is 14.1 Å². The Hall–Kier alpha value is -0.0400. The van der Waals surface area contributed by atoms with E-state index in [1.807, 2.05) is 0 Å². The first kappa shape index (κ1) is 6.66. The highest BCUT2D eigenvalue weighted by Crippen LogP contribution is 2.56. The maximum Gasteiger partial charge on any atom is 0.0120 e. The summed E-state index contributed by atoms with van der Waals surface area (Å²) in [6, 6.07) is 0.892. The second kappa shape index (κ2) is 1.97. The van der Waals surface area contributed by atoms with Crippen LogP contribution in [-0.4, -0.2) is 25.0 Å². The highest BCUT2D eigenvalue weighted by Gasteiger charge is 2.51. The molecular weight excluding hydrogens is 122 g/mol. The molecule has 2 saturated carbocycles. The van der Waals surface area contributed by atoms with E-state index < -0.39 is 0 Å². The molecule has 0 spiro atoms. The molecule has 0 aromatic heterocycles. The average Bonchev–Trinajstić information content (AvgIpc) is 2.54. The second-order valence-electron chi connectivity index (χ2n) is 4.29. The minimum atomic E-state index is 0.892. The lowest BCUT2D eigenvalue weighted by Gasteiger charge is -2.25. The van der Waals surface area contributed by atoms with E-state index >= 15 is 0 Å². The molecule has 0 N–H and O–H groups in total. The minimum absolute atomic E-state index is 0.892. The molecule has 4 atom stereocenters. The fourth-order valence-electron chi connectivity index (χ4n) is 2.68. The van der Waals surface area contributed by atoms with Gasteiger partial charge in [-0.25, -0.2) is 0 Å². The van der Waals surface area contributed by atoms with Gasteiger partial charge < -0.3 is 4.90 Å². The third kappa shape index (κ3) is 0.800. The van der Waals surface area contributed by atoms with Crippen molar-refractivity contribution in [2.45, 2.75) is 25.8 Å². The summed E-state index contributed by atoms with van der Waals surface area (Å²) >= 11 is 0. The molecule has 0 aliphatic heterocycles. The van der Waals surface area contributed by atoms with Crippen LogP contribution in [0.25, 0.3) is 0 Å². The van der Waals surface area contributed by atoms with E-state index in [1.165, 1.54) is 12.8 Å². The Morgan fingerprint density at radius 1 is 1.20 bits per heavy atom. The summed E-state index contributed by atoms with van der Waals surface area (Å²) in [6.45, 7) is 2.42. The Morgan fingerprint density at radius 3 is 2.20 bits per heavy atom. The minimum Gasteiger partial charge on any atom is -0.306 e. The third-order valence-electron chi connectivity index (χ3n) is 3.47. The van der Waals surface area contributed by atoms with Gasteiger partial charge in [-0.1, -0.05) is 6.92 Å². The number of fused-ring (bicyclic) bond motifs is 1. The zero-order chi connectivity index (χ0) is 7.30. The first-order valence-corrected chi connectivity index (χ1v) is 4.36. The molecule has 0 aromatic rings. The van der Waals surface area contributed by atoms with Gasteiger partial charge in [-0.3, -0.25) is 0 Å². The zero-order valence-electron chi connectivity index (χ0n) is 7.17. The molecule has 0 saturated heterocycles. The van der Waals surface area contributed by atoms with Crippen molar-refractivity contribution in [3.05, 3.63) is 0 Å². The normalized spacial score (nSPS) is 51.6. The molecule has 2 aliphatic carbocycles. The predicted molar refractivity (Wildman–Crippen MR) is 42.9 cm³/mol. The van der Waals surface area contributed by atoms with E-state index in [1.54, 1.807) is 0 Å². The molecule has 10 heavy (non-hydrogen) atoms. The van der Waals surface area contributed by atoms with Crippen LogP contribution in [0.5, 0.6) is 0 Å². The van der Waals surface area contributed by atoms with Crippen LogP contribution < -0.4 is 0 Å². The topological polar surface area (TPSA) is 3.24 Å². The fraction of sp³-hybridized carbons (Fsp3) is 1.00. The number of nitrogens with zero attached hydrogens (tertiary/aromatic N) is 1. The summed E-state index contributed by atoms with van der Waals surface area (Å²) in [7, 11) is 4.43. The molecule has 2 aliphatic rings. The number of hydrogen-bond acceptors (Lipinski definition) is 1. The highest BCUT2D eigenvalue weighted by molar-refractivity contribution is 5.02. The Kier molecular flexibility index (Phi) is 1.31. The number of rotatable bonds is 1. The van der Waals surface area contributed by atoms with E-state index in [9.17, 15) is 0 Å². The first-order valence-electron chi connectivity index (χ1n) is 4.36. The van der Waals surface area contributed by atoms with Crippen LogP contribution in [-0.2, 0) is 0 Å². The van der Waals surface area contributed by atoms with E-state index in [0.29, 0.717) is 0 Å². The van der Waals surface area contributed by atoms with E-state index in [4.69, 9.17) is 0 Å². The predicted octanol–water partition coefficient (Wildman–Crippen LogP) is 1.59. The zero-order valence-corrected chi connectivity index (χ0v) is 7.17. The molecule has 1 heteroatoms. The van der Waals surface area contributed by atoms with Gasteiger partial charge in [0.25, 0.3) is 0 Å².